The summed E-state index contributed by atoms with van der Waals surface area (Å²) >= 11 is 0. The van der Waals surface area contributed by atoms with Crippen LogP contribution in [-0.4, -0.2) is 29.7 Å². The minimum Gasteiger partial charge on any atom is -0.309 e. The van der Waals surface area contributed by atoms with Crippen LogP contribution in [0.1, 0.15) is 31.7 Å². The molecule has 0 unspecified atom stereocenters. The Balaban J connectivity index is 1.72. The molecule has 2 aliphatic rings. The molecule has 0 saturated carbocycles. The molecule has 1 heteroatoms. The maximum absolute atomic E-state index is 2.49. The lowest BCUT2D eigenvalue weighted by Gasteiger charge is -2.29. The molecule has 0 bridgehead atoms. The average Bonchev–Trinajstić information content (AvgIpc) is 2.84. The fraction of sp³-hybridized carbons (Fsp3) is 0.600. The third-order valence-electron chi connectivity index (χ3n) is 4.79. The Hall–Kier alpha value is -0.820. The molecule has 0 aliphatic carbocycles. The molecule has 2 saturated heterocycles. The molecule has 2 heterocycles. The fourth-order valence-corrected chi connectivity index (χ4v) is 3.69. The van der Waals surface area contributed by atoms with E-state index in [9.17, 15) is 0 Å². The first kappa shape index (κ1) is 10.3. The first-order valence-corrected chi connectivity index (χ1v) is 6.64. The summed E-state index contributed by atoms with van der Waals surface area (Å²) in [6.07, 6.45) is 5.63. The summed E-state index contributed by atoms with van der Waals surface area (Å²) in [7, 11) is 0. The Morgan fingerprint density at radius 3 is 2.44 bits per heavy atom. The molecule has 0 amide bonds. The number of piperidine rings is 1. The average molecular weight is 216 g/mol. The highest BCUT2D eigenvalue weighted by Gasteiger charge is 2.65. The maximum atomic E-state index is 2.49. The molecule has 1 aromatic rings. The van der Waals surface area contributed by atoms with Crippen LogP contribution in [0.25, 0.3) is 0 Å². The molecule has 16 heavy (non-hydrogen) atoms. The number of rotatable bonds is 2. The molecule has 2 aliphatic heterocycles. The van der Waals surface area contributed by atoms with Gasteiger partial charge in [-0.05, 0) is 31.7 Å². The first-order chi connectivity index (χ1) is 7.74. The van der Waals surface area contributed by atoms with Crippen LogP contribution in [0.15, 0.2) is 30.3 Å². The van der Waals surface area contributed by atoms with Crippen molar-refractivity contribution in [1.29, 1.82) is 0 Å². The second-order valence-electron chi connectivity index (χ2n) is 5.97. The largest absolute Gasteiger partial charge is 0.309 e. The molecule has 2 fully saturated rings. The Labute approximate surface area is 98.7 Å². The van der Waals surface area contributed by atoms with Crippen LogP contribution in [0, 0.1) is 0 Å². The highest BCUT2D eigenvalue weighted by molar-refractivity contribution is 5.18. The van der Waals surface area contributed by atoms with E-state index in [0.29, 0.717) is 5.54 Å². The quantitative estimate of drug-likeness (QED) is 0.526. The second kappa shape index (κ2) is 3.59. The number of benzene rings is 1. The van der Waals surface area contributed by atoms with Gasteiger partial charge >= 0.3 is 0 Å². The molecule has 0 radical (unpaired) electrons. The second-order valence-corrected chi connectivity index (χ2v) is 5.97. The maximum Gasteiger partial charge on any atom is 0.150 e. The zero-order valence-electron chi connectivity index (χ0n) is 10.3. The summed E-state index contributed by atoms with van der Waals surface area (Å²) in [5, 5.41) is 0. The van der Waals surface area contributed by atoms with Gasteiger partial charge in [-0.1, -0.05) is 30.3 Å². The summed E-state index contributed by atoms with van der Waals surface area (Å²) in [6.45, 7) is 6.78. The Morgan fingerprint density at radius 1 is 1.06 bits per heavy atom. The van der Waals surface area contributed by atoms with E-state index in [1.54, 1.807) is 0 Å². The van der Waals surface area contributed by atoms with Gasteiger partial charge in [0.05, 0.1) is 13.1 Å². The molecule has 1 atom stereocenters. The predicted octanol–water partition coefficient (Wildman–Crippen LogP) is 3.00. The van der Waals surface area contributed by atoms with Gasteiger partial charge in [-0.2, -0.15) is 0 Å². The SMILES string of the molecule is C[C@@]1(Cc2ccccc2)C[N+]12CCCCC2. The van der Waals surface area contributed by atoms with E-state index in [-0.39, 0.29) is 0 Å². The van der Waals surface area contributed by atoms with Crippen molar-refractivity contribution >= 4 is 0 Å². The van der Waals surface area contributed by atoms with Crippen molar-refractivity contribution in [2.45, 2.75) is 38.1 Å². The van der Waals surface area contributed by atoms with Gasteiger partial charge in [0.15, 0.2) is 0 Å². The van der Waals surface area contributed by atoms with Gasteiger partial charge in [0.25, 0.3) is 0 Å². The van der Waals surface area contributed by atoms with Gasteiger partial charge in [-0.25, -0.2) is 0 Å². The molecule has 1 nitrogen and oxygen atoms in total. The normalized spacial score (nSPS) is 31.6. The minimum absolute atomic E-state index is 0.557. The molecule has 0 aromatic heterocycles. The van der Waals surface area contributed by atoms with Crippen molar-refractivity contribution in [2.75, 3.05) is 19.6 Å². The first-order valence-electron chi connectivity index (χ1n) is 6.64. The van der Waals surface area contributed by atoms with Crippen molar-refractivity contribution < 1.29 is 4.48 Å². The van der Waals surface area contributed by atoms with Crippen molar-refractivity contribution in [3.8, 4) is 0 Å². The molecule has 1 aromatic carbocycles. The number of quaternary nitrogens is 1. The van der Waals surface area contributed by atoms with E-state index in [2.05, 4.69) is 37.3 Å². The van der Waals surface area contributed by atoms with Crippen molar-refractivity contribution in [3.05, 3.63) is 35.9 Å². The Morgan fingerprint density at radius 2 is 1.75 bits per heavy atom. The summed E-state index contributed by atoms with van der Waals surface area (Å²) in [6, 6.07) is 11.0. The van der Waals surface area contributed by atoms with Crippen LogP contribution >= 0.6 is 0 Å². The minimum atomic E-state index is 0.557. The molecule has 1 spiro atoms. The van der Waals surface area contributed by atoms with E-state index in [0.717, 1.165) is 0 Å². The standard InChI is InChI=1S/C15H22N/c1-15(12-14-8-4-2-5-9-14)13-16(15)10-6-3-7-11-16/h2,4-5,8-9H,3,6-7,10-13H2,1H3/q+1/t15-/m1/s1. The van der Waals surface area contributed by atoms with Gasteiger partial charge in [-0.15, -0.1) is 0 Å². The van der Waals surface area contributed by atoms with E-state index < -0.39 is 0 Å². The van der Waals surface area contributed by atoms with Crippen LogP contribution in [0.4, 0.5) is 0 Å². The van der Waals surface area contributed by atoms with Crippen LogP contribution in [0.2, 0.25) is 0 Å². The van der Waals surface area contributed by atoms with Crippen molar-refractivity contribution in [1.82, 2.24) is 0 Å². The zero-order valence-corrected chi connectivity index (χ0v) is 10.3. The topological polar surface area (TPSA) is 0 Å². The van der Waals surface area contributed by atoms with Crippen molar-refractivity contribution in [3.63, 3.8) is 0 Å². The van der Waals surface area contributed by atoms with Gasteiger partial charge < -0.3 is 4.48 Å². The Kier molecular flexibility index (Phi) is 2.32. The highest BCUT2D eigenvalue weighted by Crippen LogP contribution is 2.47. The molecule has 86 valence electrons. The van der Waals surface area contributed by atoms with Gasteiger partial charge in [0.1, 0.15) is 12.1 Å². The number of hydrogen-bond donors (Lipinski definition) is 0. The van der Waals surface area contributed by atoms with E-state index in [1.807, 2.05) is 0 Å². The van der Waals surface area contributed by atoms with Crippen LogP contribution in [0.5, 0.6) is 0 Å². The van der Waals surface area contributed by atoms with Gasteiger partial charge in [-0.3, -0.25) is 0 Å². The molecule has 3 rings (SSSR count). The van der Waals surface area contributed by atoms with Crippen LogP contribution in [-0.2, 0) is 6.42 Å². The highest BCUT2D eigenvalue weighted by atomic mass is 15.5. The lowest BCUT2D eigenvalue weighted by Crippen LogP contribution is -2.40. The third kappa shape index (κ3) is 1.58. The lowest BCUT2D eigenvalue weighted by atomic mass is 9.99. The van der Waals surface area contributed by atoms with Crippen LogP contribution < -0.4 is 0 Å². The van der Waals surface area contributed by atoms with E-state index >= 15 is 0 Å². The smallest absolute Gasteiger partial charge is 0.150 e. The van der Waals surface area contributed by atoms with Crippen molar-refractivity contribution in [2.24, 2.45) is 0 Å². The monoisotopic (exact) mass is 216 g/mol. The predicted molar refractivity (Wildman–Crippen MR) is 67.3 cm³/mol. The molecule has 0 N–H and O–H groups in total. The number of nitrogens with zero attached hydrogens (tertiary/aromatic N) is 1. The third-order valence-corrected chi connectivity index (χ3v) is 4.79. The fourth-order valence-electron chi connectivity index (χ4n) is 3.69. The summed E-state index contributed by atoms with van der Waals surface area (Å²) in [4.78, 5) is 0. The van der Waals surface area contributed by atoms with E-state index in [4.69, 9.17) is 0 Å². The lowest BCUT2D eigenvalue weighted by molar-refractivity contribution is -0.834. The Bertz CT molecular complexity index is 364. The summed E-state index contributed by atoms with van der Waals surface area (Å²) < 4.78 is 1.42. The molecular weight excluding hydrogens is 194 g/mol. The summed E-state index contributed by atoms with van der Waals surface area (Å²) in [5.74, 6) is 0. The van der Waals surface area contributed by atoms with E-state index in [1.165, 1.54) is 55.4 Å². The number of hydrogen-bond acceptors (Lipinski definition) is 0. The zero-order chi connectivity index (χ0) is 11.1. The van der Waals surface area contributed by atoms with Gasteiger partial charge in [0, 0.05) is 6.42 Å². The molecular formula is C15H22N+. The summed E-state index contributed by atoms with van der Waals surface area (Å²) in [5.41, 5.74) is 2.08. The van der Waals surface area contributed by atoms with Crippen LogP contribution in [0.3, 0.4) is 0 Å². The van der Waals surface area contributed by atoms with Gasteiger partial charge in [0.2, 0.25) is 0 Å².